The lowest BCUT2D eigenvalue weighted by atomic mass is 9.99. The summed E-state index contributed by atoms with van der Waals surface area (Å²) in [5.74, 6) is -0.339. The third-order valence-corrected chi connectivity index (χ3v) is 3.60. The summed E-state index contributed by atoms with van der Waals surface area (Å²) in [6.45, 7) is 0. The Kier molecular flexibility index (Phi) is 4.66. The van der Waals surface area contributed by atoms with Gasteiger partial charge in [0.05, 0.1) is 16.1 Å². The third-order valence-electron chi connectivity index (χ3n) is 2.77. The molecule has 1 unspecified atom stereocenters. The quantitative estimate of drug-likeness (QED) is 0.862. The van der Waals surface area contributed by atoms with E-state index in [-0.39, 0.29) is 10.8 Å². The van der Waals surface area contributed by atoms with Crippen LogP contribution < -0.4 is 10.5 Å². The van der Waals surface area contributed by atoms with E-state index in [0.29, 0.717) is 16.1 Å². The summed E-state index contributed by atoms with van der Waals surface area (Å²) >= 11 is 12.0. The standard InChI is InChI=1S/C14H10Cl2F3NO/c15-11-6-2-5-10(12(11)16)13(20)8-3-1-4-9(7-8)21-14(17,18)19/h1-7,13H,20H2. The molecule has 7 heteroatoms. The van der Waals surface area contributed by atoms with Gasteiger partial charge in [0.15, 0.2) is 0 Å². The van der Waals surface area contributed by atoms with Gasteiger partial charge in [0.2, 0.25) is 0 Å². The molecule has 2 aromatic carbocycles. The molecule has 0 heterocycles. The molecule has 1 atom stereocenters. The molecule has 0 bridgehead atoms. The number of hydrogen-bond donors (Lipinski definition) is 1. The van der Waals surface area contributed by atoms with E-state index in [4.69, 9.17) is 28.9 Å². The van der Waals surface area contributed by atoms with Crippen molar-refractivity contribution in [2.24, 2.45) is 5.73 Å². The molecule has 21 heavy (non-hydrogen) atoms. The minimum atomic E-state index is -4.75. The highest BCUT2D eigenvalue weighted by atomic mass is 35.5. The van der Waals surface area contributed by atoms with Gasteiger partial charge in [-0.2, -0.15) is 0 Å². The highest BCUT2D eigenvalue weighted by Gasteiger charge is 2.31. The SMILES string of the molecule is NC(c1cccc(OC(F)(F)F)c1)c1cccc(Cl)c1Cl. The zero-order valence-electron chi connectivity index (χ0n) is 10.5. The van der Waals surface area contributed by atoms with Gasteiger partial charge < -0.3 is 10.5 Å². The number of hydrogen-bond acceptors (Lipinski definition) is 2. The smallest absolute Gasteiger partial charge is 0.406 e. The van der Waals surface area contributed by atoms with Crippen LogP contribution in [0.3, 0.4) is 0 Å². The largest absolute Gasteiger partial charge is 0.573 e. The van der Waals surface area contributed by atoms with Crippen LogP contribution in [0.4, 0.5) is 13.2 Å². The molecule has 2 nitrogen and oxygen atoms in total. The van der Waals surface area contributed by atoms with Crippen molar-refractivity contribution in [3.8, 4) is 5.75 Å². The van der Waals surface area contributed by atoms with E-state index in [1.807, 2.05) is 0 Å². The first-order valence-electron chi connectivity index (χ1n) is 5.83. The third kappa shape index (κ3) is 4.03. The van der Waals surface area contributed by atoms with Crippen LogP contribution in [-0.2, 0) is 0 Å². The van der Waals surface area contributed by atoms with Gasteiger partial charge in [0, 0.05) is 0 Å². The molecule has 0 aliphatic heterocycles. The molecule has 0 radical (unpaired) electrons. The minimum Gasteiger partial charge on any atom is -0.406 e. The van der Waals surface area contributed by atoms with Crippen molar-refractivity contribution in [1.29, 1.82) is 0 Å². The second-order valence-corrected chi connectivity index (χ2v) is 5.03. The first-order valence-corrected chi connectivity index (χ1v) is 6.59. The van der Waals surface area contributed by atoms with Crippen LogP contribution in [-0.4, -0.2) is 6.36 Å². The van der Waals surface area contributed by atoms with E-state index in [9.17, 15) is 13.2 Å². The van der Waals surface area contributed by atoms with Gasteiger partial charge in [0.1, 0.15) is 5.75 Å². The van der Waals surface area contributed by atoms with Crippen molar-refractivity contribution in [2.75, 3.05) is 0 Å². The number of benzene rings is 2. The Labute approximate surface area is 129 Å². The van der Waals surface area contributed by atoms with Gasteiger partial charge in [-0.15, -0.1) is 13.2 Å². The molecule has 0 aromatic heterocycles. The maximum absolute atomic E-state index is 12.2. The Morgan fingerprint density at radius 2 is 1.71 bits per heavy atom. The fraction of sp³-hybridized carbons (Fsp3) is 0.143. The predicted octanol–water partition coefficient (Wildman–Crippen LogP) is 4.94. The van der Waals surface area contributed by atoms with E-state index in [2.05, 4.69) is 4.74 Å². The van der Waals surface area contributed by atoms with Crippen molar-refractivity contribution < 1.29 is 17.9 Å². The Balaban J connectivity index is 2.33. The number of ether oxygens (including phenoxy) is 1. The van der Waals surface area contributed by atoms with E-state index in [1.54, 1.807) is 24.3 Å². The lowest BCUT2D eigenvalue weighted by Crippen LogP contribution is -2.18. The number of alkyl halides is 3. The molecule has 0 saturated heterocycles. The van der Waals surface area contributed by atoms with Crippen molar-refractivity contribution >= 4 is 23.2 Å². The first kappa shape index (κ1) is 15.9. The molecule has 0 amide bonds. The van der Waals surface area contributed by atoms with Gasteiger partial charge in [-0.25, -0.2) is 0 Å². The van der Waals surface area contributed by atoms with Gasteiger partial charge in [-0.1, -0.05) is 47.5 Å². The molecule has 0 fully saturated rings. The monoisotopic (exact) mass is 335 g/mol. The number of nitrogens with two attached hydrogens (primary N) is 1. The van der Waals surface area contributed by atoms with Crippen LogP contribution in [0, 0.1) is 0 Å². The van der Waals surface area contributed by atoms with Crippen LogP contribution in [0.15, 0.2) is 42.5 Å². The Morgan fingerprint density at radius 1 is 1.05 bits per heavy atom. The fourth-order valence-corrected chi connectivity index (χ4v) is 2.27. The van der Waals surface area contributed by atoms with E-state index < -0.39 is 12.4 Å². The zero-order valence-corrected chi connectivity index (χ0v) is 12.0. The second-order valence-electron chi connectivity index (χ2n) is 4.24. The number of halogens is 5. The van der Waals surface area contributed by atoms with Crippen LogP contribution in [0.5, 0.6) is 5.75 Å². The highest BCUT2D eigenvalue weighted by molar-refractivity contribution is 6.42. The molecule has 0 aliphatic carbocycles. The molecule has 2 aromatic rings. The lowest BCUT2D eigenvalue weighted by molar-refractivity contribution is -0.274. The predicted molar refractivity (Wildman–Crippen MR) is 75.6 cm³/mol. The molecule has 2 rings (SSSR count). The summed E-state index contributed by atoms with van der Waals surface area (Å²) in [7, 11) is 0. The van der Waals surface area contributed by atoms with Crippen molar-refractivity contribution in [2.45, 2.75) is 12.4 Å². The summed E-state index contributed by atoms with van der Waals surface area (Å²) in [6, 6.07) is 9.64. The van der Waals surface area contributed by atoms with Crippen molar-refractivity contribution in [3.63, 3.8) is 0 Å². The molecule has 2 N–H and O–H groups in total. The molecule has 0 spiro atoms. The normalized spacial score (nSPS) is 13.0. The second kappa shape index (κ2) is 6.13. The highest BCUT2D eigenvalue weighted by Crippen LogP contribution is 2.33. The Hall–Kier alpha value is -1.43. The van der Waals surface area contributed by atoms with Gasteiger partial charge in [-0.05, 0) is 29.3 Å². The van der Waals surface area contributed by atoms with Crippen LogP contribution >= 0.6 is 23.2 Å². The summed E-state index contributed by atoms with van der Waals surface area (Å²) in [5.41, 5.74) is 6.99. The maximum atomic E-state index is 12.2. The summed E-state index contributed by atoms with van der Waals surface area (Å²) in [4.78, 5) is 0. The van der Waals surface area contributed by atoms with Crippen LogP contribution in [0.2, 0.25) is 10.0 Å². The molecular formula is C14H10Cl2F3NO. The summed E-state index contributed by atoms with van der Waals surface area (Å²) < 4.78 is 40.5. The van der Waals surface area contributed by atoms with Gasteiger partial charge >= 0.3 is 6.36 Å². The summed E-state index contributed by atoms with van der Waals surface area (Å²) in [5, 5.41) is 0.598. The van der Waals surface area contributed by atoms with Crippen molar-refractivity contribution in [1.82, 2.24) is 0 Å². The van der Waals surface area contributed by atoms with E-state index in [1.165, 1.54) is 18.2 Å². The van der Waals surface area contributed by atoms with Crippen LogP contribution in [0.1, 0.15) is 17.2 Å². The average Bonchev–Trinajstić information content (AvgIpc) is 2.39. The summed E-state index contributed by atoms with van der Waals surface area (Å²) in [6.07, 6.45) is -4.75. The Bertz CT molecular complexity index is 646. The van der Waals surface area contributed by atoms with Gasteiger partial charge in [-0.3, -0.25) is 0 Å². The lowest BCUT2D eigenvalue weighted by Gasteiger charge is -2.16. The minimum absolute atomic E-state index is 0.272. The zero-order chi connectivity index (χ0) is 15.6. The van der Waals surface area contributed by atoms with E-state index in [0.717, 1.165) is 0 Å². The van der Waals surface area contributed by atoms with Gasteiger partial charge in [0.25, 0.3) is 0 Å². The number of rotatable bonds is 3. The molecular weight excluding hydrogens is 326 g/mol. The fourth-order valence-electron chi connectivity index (χ4n) is 1.85. The molecule has 0 saturated carbocycles. The Morgan fingerprint density at radius 3 is 2.38 bits per heavy atom. The maximum Gasteiger partial charge on any atom is 0.573 e. The van der Waals surface area contributed by atoms with E-state index >= 15 is 0 Å². The van der Waals surface area contributed by atoms with Crippen LogP contribution in [0.25, 0.3) is 0 Å². The average molecular weight is 336 g/mol. The topological polar surface area (TPSA) is 35.2 Å². The first-order chi connectivity index (χ1) is 9.78. The van der Waals surface area contributed by atoms with Crippen molar-refractivity contribution in [3.05, 3.63) is 63.6 Å². The molecule has 0 aliphatic rings. The molecule has 112 valence electrons.